The Bertz CT molecular complexity index is 849. The van der Waals surface area contributed by atoms with Crippen LogP contribution in [0.3, 0.4) is 0 Å². The van der Waals surface area contributed by atoms with Crippen LogP contribution in [0.5, 0.6) is 0 Å². The minimum absolute atomic E-state index is 0.0725. The predicted octanol–water partition coefficient (Wildman–Crippen LogP) is 2.94. The molecule has 4 rings (SSSR count). The highest BCUT2D eigenvalue weighted by Crippen LogP contribution is 2.39. The molecule has 7 heteroatoms. The maximum atomic E-state index is 14.6. The number of carbonyl (C=O) groups excluding carboxylic acids is 2. The molecule has 2 heterocycles. The minimum Gasteiger partial charge on any atom is -0.340 e. The van der Waals surface area contributed by atoms with Gasteiger partial charge in [0.2, 0.25) is 5.91 Å². The monoisotopic (exact) mass is 445 g/mol. The first-order valence-corrected chi connectivity index (χ1v) is 11.8. The number of thiol groups is 1. The van der Waals surface area contributed by atoms with E-state index in [-0.39, 0.29) is 28.7 Å². The largest absolute Gasteiger partial charge is 0.340 e. The van der Waals surface area contributed by atoms with Gasteiger partial charge in [-0.25, -0.2) is 4.39 Å². The van der Waals surface area contributed by atoms with Crippen LogP contribution in [-0.4, -0.2) is 77.5 Å². The first kappa shape index (κ1) is 22.5. The van der Waals surface area contributed by atoms with E-state index in [1.807, 2.05) is 11.0 Å². The summed E-state index contributed by atoms with van der Waals surface area (Å²) in [5.74, 6) is 0.0602. The van der Waals surface area contributed by atoms with Crippen LogP contribution in [0.25, 0.3) is 0 Å². The van der Waals surface area contributed by atoms with Crippen molar-refractivity contribution in [2.75, 3.05) is 45.8 Å². The van der Waals surface area contributed by atoms with Crippen LogP contribution < -0.4 is 0 Å². The molecule has 1 amide bonds. The first-order valence-electron chi connectivity index (χ1n) is 11.3. The standard InChI is InChI=1S/C24H32FN3O2S/c1-17(29)27-14-12-26(13-15-27)10-8-19-16-28(11-9-22(19)31)23(24(30)18-6-7-18)20-4-2-3-5-21(20)25/h2-5,8,18,22-23,31H,6-7,9-16H2,1H3/b19-8-. The summed E-state index contributed by atoms with van der Waals surface area (Å²) >= 11 is 4.79. The maximum Gasteiger partial charge on any atom is 0.219 e. The number of amides is 1. The number of likely N-dealkylation sites (tertiary alicyclic amines) is 1. The van der Waals surface area contributed by atoms with Crippen molar-refractivity contribution in [3.05, 3.63) is 47.3 Å². The Morgan fingerprint density at radius 3 is 2.48 bits per heavy atom. The van der Waals surface area contributed by atoms with Crippen LogP contribution in [0.2, 0.25) is 0 Å². The lowest BCUT2D eigenvalue weighted by atomic mass is 9.93. The van der Waals surface area contributed by atoms with Crippen molar-refractivity contribution in [2.24, 2.45) is 5.92 Å². The molecule has 2 unspecified atom stereocenters. The van der Waals surface area contributed by atoms with E-state index < -0.39 is 6.04 Å². The van der Waals surface area contributed by atoms with Gasteiger partial charge in [-0.2, -0.15) is 12.6 Å². The van der Waals surface area contributed by atoms with Crippen LogP contribution in [0.15, 0.2) is 35.9 Å². The van der Waals surface area contributed by atoms with Gasteiger partial charge in [-0.05, 0) is 30.9 Å². The van der Waals surface area contributed by atoms with Crippen molar-refractivity contribution in [3.63, 3.8) is 0 Å². The topological polar surface area (TPSA) is 43.9 Å². The number of Topliss-reactive ketones (excluding diaryl/α,β-unsaturated/α-hetero) is 1. The number of halogens is 1. The molecule has 168 valence electrons. The van der Waals surface area contributed by atoms with Crippen LogP contribution >= 0.6 is 12.6 Å². The zero-order valence-electron chi connectivity index (χ0n) is 18.2. The maximum absolute atomic E-state index is 14.6. The van der Waals surface area contributed by atoms with Crippen LogP contribution in [0.1, 0.15) is 37.8 Å². The predicted molar refractivity (Wildman–Crippen MR) is 123 cm³/mol. The van der Waals surface area contributed by atoms with E-state index in [0.717, 1.165) is 58.5 Å². The fraction of sp³-hybridized carbons (Fsp3) is 0.583. The number of carbonyl (C=O) groups is 2. The van der Waals surface area contributed by atoms with Gasteiger partial charge in [0.15, 0.2) is 5.78 Å². The summed E-state index contributed by atoms with van der Waals surface area (Å²) in [6.45, 7) is 7.06. The van der Waals surface area contributed by atoms with Gasteiger partial charge in [-0.3, -0.25) is 19.4 Å². The van der Waals surface area contributed by atoms with Gasteiger partial charge in [-0.15, -0.1) is 0 Å². The molecule has 5 nitrogen and oxygen atoms in total. The van der Waals surface area contributed by atoms with Crippen molar-refractivity contribution in [3.8, 4) is 0 Å². The van der Waals surface area contributed by atoms with E-state index in [4.69, 9.17) is 12.6 Å². The molecule has 2 atom stereocenters. The van der Waals surface area contributed by atoms with Gasteiger partial charge in [0.1, 0.15) is 5.82 Å². The summed E-state index contributed by atoms with van der Waals surface area (Å²) in [5.41, 5.74) is 1.70. The summed E-state index contributed by atoms with van der Waals surface area (Å²) in [6, 6.07) is 6.18. The van der Waals surface area contributed by atoms with Crippen LogP contribution in [-0.2, 0) is 9.59 Å². The summed E-state index contributed by atoms with van der Waals surface area (Å²) in [5, 5.41) is 0.159. The highest BCUT2D eigenvalue weighted by molar-refractivity contribution is 7.81. The van der Waals surface area contributed by atoms with Crippen molar-refractivity contribution in [1.82, 2.24) is 14.7 Å². The van der Waals surface area contributed by atoms with Gasteiger partial charge in [0, 0.05) is 69.5 Å². The van der Waals surface area contributed by atoms with E-state index in [0.29, 0.717) is 12.1 Å². The number of hydrogen-bond donors (Lipinski definition) is 1. The number of benzene rings is 1. The van der Waals surface area contributed by atoms with Crippen LogP contribution in [0, 0.1) is 11.7 Å². The second kappa shape index (κ2) is 9.84. The fourth-order valence-electron chi connectivity index (χ4n) is 4.62. The lowest BCUT2D eigenvalue weighted by Gasteiger charge is -2.38. The second-order valence-electron chi connectivity index (χ2n) is 8.96. The Morgan fingerprint density at radius 2 is 1.84 bits per heavy atom. The minimum atomic E-state index is -0.517. The molecule has 1 saturated carbocycles. The molecule has 1 aromatic carbocycles. The fourth-order valence-corrected chi connectivity index (χ4v) is 4.93. The van der Waals surface area contributed by atoms with E-state index in [2.05, 4.69) is 15.9 Å². The Morgan fingerprint density at radius 1 is 1.13 bits per heavy atom. The molecule has 3 aliphatic rings. The van der Waals surface area contributed by atoms with Gasteiger partial charge in [-0.1, -0.05) is 24.3 Å². The molecule has 0 bridgehead atoms. The van der Waals surface area contributed by atoms with Crippen molar-refractivity contribution >= 4 is 24.3 Å². The molecule has 1 aromatic rings. The molecule has 0 radical (unpaired) electrons. The Kier molecular flexibility index (Phi) is 7.14. The molecule has 2 saturated heterocycles. The third-order valence-electron chi connectivity index (χ3n) is 6.75. The average molecular weight is 446 g/mol. The summed E-state index contributed by atoms with van der Waals surface area (Å²) < 4.78 is 14.6. The first-order chi connectivity index (χ1) is 14.9. The average Bonchev–Trinajstić information content (AvgIpc) is 3.61. The molecule has 0 aromatic heterocycles. The van der Waals surface area contributed by atoms with E-state index in [1.54, 1.807) is 19.1 Å². The second-order valence-corrected chi connectivity index (χ2v) is 9.58. The van der Waals surface area contributed by atoms with Gasteiger partial charge in [0.05, 0.1) is 6.04 Å². The molecular weight excluding hydrogens is 413 g/mol. The number of ketones is 1. The number of rotatable bonds is 6. The highest BCUT2D eigenvalue weighted by atomic mass is 32.1. The number of piperazine rings is 1. The van der Waals surface area contributed by atoms with Crippen molar-refractivity contribution in [1.29, 1.82) is 0 Å². The number of nitrogens with zero attached hydrogens (tertiary/aromatic N) is 3. The van der Waals surface area contributed by atoms with E-state index in [9.17, 15) is 14.0 Å². The molecule has 1 aliphatic carbocycles. The number of hydrogen-bond acceptors (Lipinski definition) is 5. The molecule has 3 fully saturated rings. The Labute approximate surface area is 189 Å². The molecule has 31 heavy (non-hydrogen) atoms. The smallest absolute Gasteiger partial charge is 0.219 e. The summed E-state index contributed by atoms with van der Waals surface area (Å²) in [4.78, 5) is 31.0. The van der Waals surface area contributed by atoms with Gasteiger partial charge < -0.3 is 4.90 Å². The lowest BCUT2D eigenvalue weighted by Crippen LogP contribution is -2.48. The zero-order valence-corrected chi connectivity index (χ0v) is 19.1. The van der Waals surface area contributed by atoms with Crippen LogP contribution in [0.4, 0.5) is 4.39 Å². The van der Waals surface area contributed by atoms with Gasteiger partial charge in [0.25, 0.3) is 0 Å². The molecule has 2 aliphatic heterocycles. The lowest BCUT2D eigenvalue weighted by molar-refractivity contribution is -0.130. The summed E-state index contributed by atoms with van der Waals surface area (Å²) in [6.07, 6.45) is 4.91. The zero-order chi connectivity index (χ0) is 22.0. The third-order valence-corrected chi connectivity index (χ3v) is 7.34. The Balaban J connectivity index is 1.46. The number of piperidine rings is 1. The van der Waals surface area contributed by atoms with E-state index in [1.165, 1.54) is 11.6 Å². The third kappa shape index (κ3) is 5.38. The van der Waals surface area contributed by atoms with E-state index >= 15 is 0 Å². The highest BCUT2D eigenvalue weighted by Gasteiger charge is 2.40. The van der Waals surface area contributed by atoms with Crippen molar-refractivity contribution in [2.45, 2.75) is 37.5 Å². The SMILES string of the molecule is CC(=O)N1CCN(C/C=C2/CN(C(C(=O)C3CC3)c3ccccc3F)CCC2S)CC1. The van der Waals surface area contributed by atoms with Gasteiger partial charge >= 0.3 is 0 Å². The van der Waals surface area contributed by atoms with Crippen molar-refractivity contribution < 1.29 is 14.0 Å². The summed E-state index contributed by atoms with van der Waals surface area (Å²) in [7, 11) is 0. The quantitative estimate of drug-likeness (QED) is 0.540. The molecule has 0 spiro atoms. The molecular formula is C24H32FN3O2S. The Hall–Kier alpha value is -1.70. The normalized spacial score (nSPS) is 25.6. The molecule has 0 N–H and O–H groups in total.